The van der Waals surface area contributed by atoms with Gasteiger partial charge in [-0.3, -0.25) is 9.59 Å². The second-order valence-electron chi connectivity index (χ2n) is 20.0. The highest BCUT2D eigenvalue weighted by Crippen LogP contribution is 2.39. The number of esters is 2. The highest BCUT2D eigenvalue weighted by Gasteiger charge is 2.57. The van der Waals surface area contributed by atoms with E-state index < -0.39 is 123 Å². The number of rotatable bonds is 18. The molecule has 0 aliphatic carbocycles. The summed E-state index contributed by atoms with van der Waals surface area (Å²) in [6.45, 7) is 40.5. The van der Waals surface area contributed by atoms with Crippen molar-refractivity contribution in [2.45, 2.75) is 193 Å². The van der Waals surface area contributed by atoms with Gasteiger partial charge < -0.3 is 50.2 Å². The van der Waals surface area contributed by atoms with Crippen LogP contribution in [0.15, 0.2) is 0 Å². The number of hydrogen-bond acceptors (Lipinski definition) is 13. The third kappa shape index (κ3) is 18.3. The molecule has 0 aromatic carbocycles. The summed E-state index contributed by atoms with van der Waals surface area (Å²) in [6, 6.07) is 0. The van der Waals surface area contributed by atoms with Gasteiger partial charge in [-0.05, 0) is 118 Å². The van der Waals surface area contributed by atoms with E-state index in [-0.39, 0.29) is 13.2 Å². The average molecular weight is 859 g/mol. The number of carbonyl (C=O) groups excluding carboxylic acids is 2. The lowest BCUT2D eigenvalue weighted by molar-refractivity contribution is -0.345. The first-order valence-corrected chi connectivity index (χ1v) is 39.4. The second kappa shape index (κ2) is 18.6. The van der Waals surface area contributed by atoms with Gasteiger partial charge in [0.1, 0.15) is 62.0 Å². The van der Waals surface area contributed by atoms with Crippen molar-refractivity contribution in [3.05, 3.63) is 0 Å². The lowest BCUT2D eigenvalue weighted by Gasteiger charge is -2.54. The minimum Gasteiger partial charge on any atom is -0.463 e. The Balaban J connectivity index is 2.89. The van der Waals surface area contributed by atoms with Crippen LogP contribution in [0.1, 0.15) is 13.8 Å². The van der Waals surface area contributed by atoms with E-state index in [4.69, 9.17) is 50.2 Å². The van der Waals surface area contributed by atoms with Gasteiger partial charge in [0.05, 0.1) is 0 Å². The molecule has 2 saturated heterocycles. The van der Waals surface area contributed by atoms with Crippen LogP contribution in [0.4, 0.5) is 0 Å². The SMILES string of the molecule is CC(=O)OC[C@H]1O[C@@H](O[C@H]2[C@H](O[Si](C)(C)C)[C@@H](O[Si](C)(C)C)C(O[Si](C)(C)C)O[C@@H]2COC(C)=O)[C@H](O[Si](C)(C)C)[C@@H](O[Si](C)(C)C)[C@H]1O[Si](C)(C)C. The first kappa shape index (κ1) is 49.0. The van der Waals surface area contributed by atoms with E-state index in [0.717, 1.165) is 0 Å². The third-order valence-electron chi connectivity index (χ3n) is 7.29. The zero-order chi connectivity index (χ0) is 41.1. The van der Waals surface area contributed by atoms with Gasteiger partial charge >= 0.3 is 11.9 Å². The van der Waals surface area contributed by atoms with Crippen molar-refractivity contribution in [2.24, 2.45) is 0 Å². The van der Waals surface area contributed by atoms with Crippen molar-refractivity contribution < 1.29 is 59.8 Å². The van der Waals surface area contributed by atoms with Crippen molar-refractivity contribution in [2.75, 3.05) is 13.2 Å². The fourth-order valence-corrected chi connectivity index (χ4v) is 12.3. The molecule has 2 fully saturated rings. The van der Waals surface area contributed by atoms with Crippen LogP contribution in [0.3, 0.4) is 0 Å². The van der Waals surface area contributed by atoms with Gasteiger partial charge in [-0.1, -0.05) is 0 Å². The Kier molecular flexibility index (Phi) is 17.2. The van der Waals surface area contributed by atoms with Gasteiger partial charge in [0.2, 0.25) is 0 Å². The van der Waals surface area contributed by atoms with Gasteiger partial charge in [-0.25, -0.2) is 0 Å². The van der Waals surface area contributed by atoms with Crippen molar-refractivity contribution in [3.8, 4) is 0 Å². The van der Waals surface area contributed by atoms with Crippen LogP contribution in [0.5, 0.6) is 0 Å². The quantitative estimate of drug-likeness (QED) is 0.105. The first-order chi connectivity index (χ1) is 23.6. The molecule has 0 bridgehead atoms. The summed E-state index contributed by atoms with van der Waals surface area (Å²) in [5.74, 6) is -0.894. The zero-order valence-corrected chi connectivity index (χ0v) is 42.5. The molecule has 0 aromatic rings. The van der Waals surface area contributed by atoms with E-state index in [1.54, 1.807) is 0 Å². The minimum absolute atomic E-state index is 0.0735. The summed E-state index contributed by atoms with van der Waals surface area (Å²) < 4.78 is 73.4. The van der Waals surface area contributed by atoms with Crippen LogP contribution in [0.2, 0.25) is 118 Å². The molecular formula is C34H74O13Si6. The normalized spacial score (nSPS) is 30.9. The molecule has 53 heavy (non-hydrogen) atoms. The van der Waals surface area contributed by atoms with Gasteiger partial charge in [0.15, 0.2) is 62.5 Å². The molecule has 0 amide bonds. The molecule has 0 spiro atoms. The summed E-state index contributed by atoms with van der Waals surface area (Å²) in [4.78, 5) is 24.5. The summed E-state index contributed by atoms with van der Waals surface area (Å²) in [5, 5.41) is 0. The second-order valence-corrected chi connectivity index (χ2v) is 46.8. The van der Waals surface area contributed by atoms with E-state index >= 15 is 0 Å². The molecule has 312 valence electrons. The molecular weight excluding hydrogens is 785 g/mol. The molecule has 2 heterocycles. The Labute approximate surface area is 326 Å². The van der Waals surface area contributed by atoms with Crippen LogP contribution < -0.4 is 0 Å². The Morgan fingerprint density at radius 1 is 0.396 bits per heavy atom. The fourth-order valence-electron chi connectivity index (χ4n) is 6.00. The van der Waals surface area contributed by atoms with E-state index in [9.17, 15) is 9.59 Å². The molecule has 1 unspecified atom stereocenters. The van der Waals surface area contributed by atoms with Crippen LogP contribution in [-0.4, -0.2) is 136 Å². The molecule has 13 nitrogen and oxygen atoms in total. The predicted octanol–water partition coefficient (Wildman–Crippen LogP) is 6.90. The minimum atomic E-state index is -2.32. The van der Waals surface area contributed by atoms with E-state index in [1.807, 2.05) is 0 Å². The van der Waals surface area contributed by atoms with Gasteiger partial charge in [-0.15, -0.1) is 0 Å². The van der Waals surface area contributed by atoms with Crippen LogP contribution in [0, 0.1) is 0 Å². The topological polar surface area (TPSA) is 136 Å². The Morgan fingerprint density at radius 2 is 0.679 bits per heavy atom. The molecule has 0 saturated carbocycles. The fraction of sp³-hybridized carbons (Fsp3) is 0.941. The van der Waals surface area contributed by atoms with E-state index in [0.29, 0.717) is 0 Å². The maximum Gasteiger partial charge on any atom is 0.302 e. The maximum atomic E-state index is 12.3. The van der Waals surface area contributed by atoms with Crippen molar-refractivity contribution >= 4 is 61.8 Å². The van der Waals surface area contributed by atoms with Gasteiger partial charge in [0, 0.05) is 13.8 Å². The number of ether oxygens (including phenoxy) is 5. The summed E-state index contributed by atoms with van der Waals surface area (Å²) in [5.41, 5.74) is 0. The van der Waals surface area contributed by atoms with E-state index in [1.165, 1.54) is 13.8 Å². The van der Waals surface area contributed by atoms with Gasteiger partial charge in [0.25, 0.3) is 0 Å². The molecule has 0 radical (unpaired) electrons. The average Bonchev–Trinajstić information content (AvgIpc) is 2.88. The number of carbonyl (C=O) groups is 2. The van der Waals surface area contributed by atoms with Crippen LogP contribution in [-0.2, 0) is 59.8 Å². The maximum absolute atomic E-state index is 12.3. The largest absolute Gasteiger partial charge is 0.463 e. The highest BCUT2D eigenvalue weighted by atomic mass is 28.4. The summed E-state index contributed by atoms with van der Waals surface area (Å²) in [6.07, 6.45) is -7.60. The zero-order valence-electron chi connectivity index (χ0n) is 36.5. The molecule has 0 aromatic heterocycles. The smallest absolute Gasteiger partial charge is 0.302 e. The lowest BCUT2D eigenvalue weighted by atomic mass is 9.97. The van der Waals surface area contributed by atoms with Crippen LogP contribution in [0.25, 0.3) is 0 Å². The van der Waals surface area contributed by atoms with Crippen molar-refractivity contribution in [1.82, 2.24) is 0 Å². The molecule has 19 heteroatoms. The Morgan fingerprint density at radius 3 is 1.04 bits per heavy atom. The third-order valence-corrected chi connectivity index (χ3v) is 13.1. The molecule has 2 aliphatic rings. The Hall–Kier alpha value is -0.119. The first-order valence-electron chi connectivity index (χ1n) is 18.9. The molecule has 2 aliphatic heterocycles. The van der Waals surface area contributed by atoms with Crippen LogP contribution >= 0.6 is 0 Å². The Bertz CT molecular complexity index is 1190. The summed E-state index contributed by atoms with van der Waals surface area (Å²) >= 11 is 0. The predicted molar refractivity (Wildman–Crippen MR) is 221 cm³/mol. The van der Waals surface area contributed by atoms with Gasteiger partial charge in [-0.2, -0.15) is 0 Å². The lowest BCUT2D eigenvalue weighted by Crippen LogP contribution is -2.70. The monoisotopic (exact) mass is 858 g/mol. The standard InChI is InChI=1S/C34H74O13Si6/c1-23(35)37-21-25-27(29(43-49(6,7)8)32(46-52(15,16)17)34(40-25)47-53(18,19)20)41-33-31(45-51(12,13)14)30(44-50(9,10)11)28(42-48(3,4)5)26(39-33)22-38-24(2)36/h25-34H,21-22H2,1-20H3/t25-,26-,27-,28+,29+,30+,31-,32-,33+,34?/m1/s1. The number of hydrogen-bond donors (Lipinski definition) is 0. The molecule has 10 atom stereocenters. The van der Waals surface area contributed by atoms with Crippen molar-refractivity contribution in [3.63, 3.8) is 0 Å². The highest BCUT2D eigenvalue weighted by molar-refractivity contribution is 6.71. The molecule has 0 N–H and O–H groups in total. The summed E-state index contributed by atoms with van der Waals surface area (Å²) in [7, 11) is -13.6. The van der Waals surface area contributed by atoms with Crippen molar-refractivity contribution in [1.29, 1.82) is 0 Å². The molecule has 2 rings (SSSR count). The van der Waals surface area contributed by atoms with E-state index in [2.05, 4.69) is 118 Å².